The number of piperazine rings is 1. The van der Waals surface area contributed by atoms with Gasteiger partial charge in [-0.25, -0.2) is 0 Å². The number of nitrogens with one attached hydrogen (secondary N) is 1. The molecule has 1 unspecified atom stereocenters. The second kappa shape index (κ2) is 7.26. The van der Waals surface area contributed by atoms with Crippen LogP contribution in [-0.2, 0) is 16.1 Å². The minimum absolute atomic E-state index is 0.0643. The van der Waals surface area contributed by atoms with Gasteiger partial charge < -0.3 is 15.0 Å². The van der Waals surface area contributed by atoms with Gasteiger partial charge in [-0.2, -0.15) is 0 Å². The Hall–Kier alpha value is -2.08. The molecule has 1 aliphatic heterocycles. The maximum Gasteiger partial charge on any atom is 0.243 e. The summed E-state index contributed by atoms with van der Waals surface area (Å²) < 4.78 is 5.37. The number of nitrogens with zero attached hydrogens (tertiary/aromatic N) is 2. The zero-order valence-electron chi connectivity index (χ0n) is 13.3. The molecule has 1 aromatic rings. The van der Waals surface area contributed by atoms with Crippen LogP contribution in [0.25, 0.3) is 0 Å². The topological polar surface area (TPSA) is 61.9 Å². The van der Waals surface area contributed by atoms with Crippen molar-refractivity contribution in [2.75, 3.05) is 33.8 Å². The SMILES string of the molecule is CNC(=O)C1CN(Cc2ccccc2OC)CCN1C(C)=O. The summed E-state index contributed by atoms with van der Waals surface area (Å²) in [6.07, 6.45) is 0. The van der Waals surface area contributed by atoms with Gasteiger partial charge in [0.1, 0.15) is 11.8 Å². The Morgan fingerprint density at radius 1 is 1.32 bits per heavy atom. The Balaban J connectivity index is 2.11. The number of ether oxygens (including phenoxy) is 1. The van der Waals surface area contributed by atoms with Gasteiger partial charge >= 0.3 is 0 Å². The molecule has 6 nitrogen and oxygen atoms in total. The van der Waals surface area contributed by atoms with Gasteiger partial charge in [0.05, 0.1) is 7.11 Å². The summed E-state index contributed by atoms with van der Waals surface area (Å²) in [7, 11) is 3.25. The fourth-order valence-corrected chi connectivity index (χ4v) is 2.83. The zero-order chi connectivity index (χ0) is 16.1. The maximum atomic E-state index is 12.0. The standard InChI is InChI=1S/C16H23N3O3/c1-12(20)19-9-8-18(11-14(19)16(21)17-2)10-13-6-4-5-7-15(13)22-3/h4-7,14H,8-11H2,1-3H3,(H,17,21). The average Bonchev–Trinajstić information content (AvgIpc) is 2.54. The molecule has 1 N–H and O–H groups in total. The zero-order valence-corrected chi connectivity index (χ0v) is 13.3. The van der Waals surface area contributed by atoms with Gasteiger partial charge in [-0.15, -0.1) is 0 Å². The molecule has 0 bridgehead atoms. The Morgan fingerprint density at radius 3 is 2.68 bits per heavy atom. The van der Waals surface area contributed by atoms with Crippen molar-refractivity contribution in [3.63, 3.8) is 0 Å². The highest BCUT2D eigenvalue weighted by Gasteiger charge is 2.33. The van der Waals surface area contributed by atoms with E-state index in [9.17, 15) is 9.59 Å². The van der Waals surface area contributed by atoms with E-state index in [0.29, 0.717) is 19.6 Å². The van der Waals surface area contributed by atoms with Crippen LogP contribution in [0, 0.1) is 0 Å². The van der Waals surface area contributed by atoms with Gasteiger partial charge in [0.15, 0.2) is 0 Å². The van der Waals surface area contributed by atoms with Crippen LogP contribution in [-0.4, -0.2) is 61.4 Å². The van der Waals surface area contributed by atoms with E-state index in [0.717, 1.165) is 17.9 Å². The molecule has 0 aliphatic carbocycles. The van der Waals surface area contributed by atoms with Crippen LogP contribution in [0.5, 0.6) is 5.75 Å². The minimum Gasteiger partial charge on any atom is -0.496 e. The van der Waals surface area contributed by atoms with Crippen molar-refractivity contribution >= 4 is 11.8 Å². The van der Waals surface area contributed by atoms with Crippen molar-refractivity contribution in [3.8, 4) is 5.75 Å². The van der Waals surface area contributed by atoms with E-state index in [4.69, 9.17) is 4.74 Å². The lowest BCUT2D eigenvalue weighted by Crippen LogP contribution is -2.59. The number of carbonyl (C=O) groups is 2. The maximum absolute atomic E-state index is 12.0. The fourth-order valence-electron chi connectivity index (χ4n) is 2.83. The summed E-state index contributed by atoms with van der Waals surface area (Å²) in [5.41, 5.74) is 1.08. The number of likely N-dealkylation sites (N-methyl/N-ethyl adjacent to an activating group) is 1. The van der Waals surface area contributed by atoms with Crippen LogP contribution in [0.15, 0.2) is 24.3 Å². The lowest BCUT2D eigenvalue weighted by Gasteiger charge is -2.40. The van der Waals surface area contributed by atoms with Gasteiger partial charge in [0, 0.05) is 45.7 Å². The summed E-state index contributed by atoms with van der Waals surface area (Å²) in [6.45, 7) is 4.03. The first kappa shape index (κ1) is 16.3. The number of hydrogen-bond acceptors (Lipinski definition) is 4. The van der Waals surface area contributed by atoms with Gasteiger partial charge in [-0.3, -0.25) is 14.5 Å². The van der Waals surface area contributed by atoms with E-state index < -0.39 is 6.04 Å². The molecular formula is C16H23N3O3. The molecule has 1 aliphatic rings. The normalized spacial score (nSPS) is 18.9. The molecule has 120 valence electrons. The Morgan fingerprint density at radius 2 is 2.05 bits per heavy atom. The van der Waals surface area contributed by atoms with E-state index in [2.05, 4.69) is 10.2 Å². The highest BCUT2D eigenvalue weighted by molar-refractivity contribution is 5.87. The Bertz CT molecular complexity index is 547. The van der Waals surface area contributed by atoms with Crippen LogP contribution >= 0.6 is 0 Å². The number of amides is 2. The molecule has 0 radical (unpaired) electrons. The number of para-hydroxylation sites is 1. The molecule has 1 fully saturated rings. The smallest absolute Gasteiger partial charge is 0.243 e. The molecule has 0 spiro atoms. The Kier molecular flexibility index (Phi) is 5.38. The predicted octanol–water partition coefficient (Wildman–Crippen LogP) is 0.474. The third-order valence-corrected chi connectivity index (χ3v) is 4.00. The van der Waals surface area contributed by atoms with Crippen molar-refractivity contribution in [2.24, 2.45) is 0 Å². The third kappa shape index (κ3) is 3.57. The fraction of sp³-hybridized carbons (Fsp3) is 0.500. The predicted molar refractivity (Wildman–Crippen MR) is 83.5 cm³/mol. The minimum atomic E-state index is -0.439. The molecule has 0 aromatic heterocycles. The highest BCUT2D eigenvalue weighted by Crippen LogP contribution is 2.21. The summed E-state index contributed by atoms with van der Waals surface area (Å²) in [5, 5.41) is 2.64. The monoisotopic (exact) mass is 305 g/mol. The van der Waals surface area contributed by atoms with Crippen molar-refractivity contribution < 1.29 is 14.3 Å². The van der Waals surface area contributed by atoms with Crippen LogP contribution in [0.4, 0.5) is 0 Å². The van der Waals surface area contributed by atoms with Crippen molar-refractivity contribution in [3.05, 3.63) is 29.8 Å². The van der Waals surface area contributed by atoms with E-state index in [1.54, 1.807) is 19.1 Å². The van der Waals surface area contributed by atoms with Crippen LogP contribution in [0.1, 0.15) is 12.5 Å². The van der Waals surface area contributed by atoms with Crippen molar-refractivity contribution in [1.82, 2.24) is 15.1 Å². The first-order chi connectivity index (χ1) is 10.6. The van der Waals surface area contributed by atoms with Gasteiger partial charge in [-0.05, 0) is 6.07 Å². The number of rotatable bonds is 4. The molecule has 0 saturated carbocycles. The first-order valence-electron chi connectivity index (χ1n) is 7.40. The molecule has 1 saturated heterocycles. The van der Waals surface area contributed by atoms with Gasteiger partial charge in [-0.1, -0.05) is 18.2 Å². The average molecular weight is 305 g/mol. The summed E-state index contributed by atoms with van der Waals surface area (Å²) in [4.78, 5) is 27.6. The quantitative estimate of drug-likeness (QED) is 0.878. The molecule has 1 heterocycles. The van der Waals surface area contributed by atoms with Crippen LogP contribution < -0.4 is 10.1 Å². The van der Waals surface area contributed by atoms with E-state index in [1.165, 1.54) is 6.92 Å². The third-order valence-electron chi connectivity index (χ3n) is 4.00. The van der Waals surface area contributed by atoms with E-state index in [-0.39, 0.29) is 11.8 Å². The molecular weight excluding hydrogens is 282 g/mol. The summed E-state index contributed by atoms with van der Waals surface area (Å²) in [6, 6.07) is 7.41. The Labute approximate surface area is 131 Å². The van der Waals surface area contributed by atoms with E-state index >= 15 is 0 Å². The van der Waals surface area contributed by atoms with Crippen molar-refractivity contribution in [1.29, 1.82) is 0 Å². The second-order valence-corrected chi connectivity index (χ2v) is 5.39. The molecule has 2 rings (SSSR count). The molecule has 22 heavy (non-hydrogen) atoms. The largest absolute Gasteiger partial charge is 0.496 e. The van der Waals surface area contributed by atoms with E-state index in [1.807, 2.05) is 24.3 Å². The number of carbonyl (C=O) groups excluding carboxylic acids is 2. The van der Waals surface area contributed by atoms with Gasteiger partial charge in [0.25, 0.3) is 0 Å². The van der Waals surface area contributed by atoms with Crippen molar-refractivity contribution in [2.45, 2.75) is 19.5 Å². The molecule has 1 aromatic carbocycles. The summed E-state index contributed by atoms with van der Waals surface area (Å²) >= 11 is 0. The first-order valence-corrected chi connectivity index (χ1v) is 7.40. The number of benzene rings is 1. The molecule has 1 atom stereocenters. The van der Waals surface area contributed by atoms with Crippen LogP contribution in [0.2, 0.25) is 0 Å². The van der Waals surface area contributed by atoms with Gasteiger partial charge in [0.2, 0.25) is 11.8 Å². The summed E-state index contributed by atoms with van der Waals surface area (Å²) in [5.74, 6) is 0.651. The number of methoxy groups -OCH3 is 1. The lowest BCUT2D eigenvalue weighted by molar-refractivity contribution is -0.142. The van der Waals surface area contributed by atoms with Crippen LogP contribution in [0.3, 0.4) is 0 Å². The molecule has 6 heteroatoms. The molecule has 2 amide bonds. The second-order valence-electron chi connectivity index (χ2n) is 5.39. The highest BCUT2D eigenvalue weighted by atomic mass is 16.5. The number of hydrogen-bond donors (Lipinski definition) is 1. The lowest BCUT2D eigenvalue weighted by atomic mass is 10.1.